The topological polar surface area (TPSA) is 69.6 Å². The quantitative estimate of drug-likeness (QED) is 0.863. The Morgan fingerprint density at radius 1 is 1.47 bits per heavy atom. The van der Waals surface area contributed by atoms with Gasteiger partial charge in [-0.2, -0.15) is 0 Å². The summed E-state index contributed by atoms with van der Waals surface area (Å²) in [5.74, 6) is -1.50. The van der Waals surface area contributed by atoms with Crippen LogP contribution in [-0.2, 0) is 0 Å². The molecular formula is C13H15FN2O3. The lowest BCUT2D eigenvalue weighted by Gasteiger charge is -2.17. The predicted molar refractivity (Wildman–Crippen MR) is 67.7 cm³/mol. The number of amides is 2. The van der Waals surface area contributed by atoms with Crippen molar-refractivity contribution in [2.75, 3.05) is 18.4 Å². The Morgan fingerprint density at radius 3 is 2.74 bits per heavy atom. The van der Waals surface area contributed by atoms with Crippen LogP contribution in [0.25, 0.3) is 0 Å². The van der Waals surface area contributed by atoms with E-state index in [1.807, 2.05) is 0 Å². The molecule has 5 nitrogen and oxygen atoms in total. The van der Waals surface area contributed by atoms with Crippen LogP contribution in [0.5, 0.6) is 0 Å². The van der Waals surface area contributed by atoms with Crippen molar-refractivity contribution in [1.82, 2.24) is 4.90 Å². The maximum atomic E-state index is 13.6. The fraction of sp³-hybridized carbons (Fsp3) is 0.385. The lowest BCUT2D eigenvalue weighted by Crippen LogP contribution is -2.33. The number of anilines is 1. The lowest BCUT2D eigenvalue weighted by atomic mass is 10.2. The van der Waals surface area contributed by atoms with E-state index in [1.54, 1.807) is 4.90 Å². The Morgan fingerprint density at radius 2 is 2.21 bits per heavy atom. The smallest absolute Gasteiger partial charge is 0.335 e. The number of hydrogen-bond acceptors (Lipinski definition) is 2. The van der Waals surface area contributed by atoms with Gasteiger partial charge in [0.1, 0.15) is 5.82 Å². The van der Waals surface area contributed by atoms with Crippen molar-refractivity contribution >= 4 is 17.7 Å². The van der Waals surface area contributed by atoms with Crippen LogP contribution in [-0.4, -0.2) is 35.1 Å². The molecule has 2 amide bonds. The zero-order chi connectivity index (χ0) is 14.0. The fourth-order valence-corrected chi connectivity index (χ4v) is 2.06. The van der Waals surface area contributed by atoms with Crippen LogP contribution in [0.1, 0.15) is 23.7 Å². The van der Waals surface area contributed by atoms with E-state index in [4.69, 9.17) is 5.11 Å². The molecular weight excluding hydrogens is 251 g/mol. The first kappa shape index (κ1) is 13.3. The van der Waals surface area contributed by atoms with Crippen LogP contribution in [0.4, 0.5) is 14.9 Å². The molecule has 1 saturated heterocycles. The van der Waals surface area contributed by atoms with Gasteiger partial charge in [-0.05, 0) is 30.5 Å². The molecule has 2 N–H and O–H groups in total. The third-order valence-electron chi connectivity index (χ3n) is 3.17. The molecule has 2 rings (SSSR count). The van der Waals surface area contributed by atoms with E-state index in [0.29, 0.717) is 19.0 Å². The first-order chi connectivity index (χ1) is 8.97. The van der Waals surface area contributed by atoms with Gasteiger partial charge in [0.25, 0.3) is 0 Å². The Bertz CT molecular complexity index is 519. The molecule has 6 heteroatoms. The summed E-state index contributed by atoms with van der Waals surface area (Å²) in [5, 5.41) is 11.2. The van der Waals surface area contributed by atoms with Gasteiger partial charge in [0.15, 0.2) is 0 Å². The minimum Gasteiger partial charge on any atom is -0.478 e. The Hall–Kier alpha value is -2.11. The summed E-state index contributed by atoms with van der Waals surface area (Å²) in [6, 6.07) is 3.06. The van der Waals surface area contributed by atoms with E-state index >= 15 is 0 Å². The van der Waals surface area contributed by atoms with E-state index in [1.165, 1.54) is 12.1 Å². The molecule has 1 aromatic carbocycles. The van der Waals surface area contributed by atoms with Gasteiger partial charge in [0.2, 0.25) is 0 Å². The molecule has 1 aliphatic rings. The molecule has 0 saturated carbocycles. The van der Waals surface area contributed by atoms with Gasteiger partial charge in [0.05, 0.1) is 11.3 Å². The average molecular weight is 266 g/mol. The largest absolute Gasteiger partial charge is 0.478 e. The van der Waals surface area contributed by atoms with Gasteiger partial charge >= 0.3 is 12.0 Å². The van der Waals surface area contributed by atoms with Gasteiger partial charge in [-0.3, -0.25) is 0 Å². The zero-order valence-electron chi connectivity index (χ0n) is 10.5. The normalized spacial score (nSPS) is 18.4. The van der Waals surface area contributed by atoms with Crippen molar-refractivity contribution in [2.24, 2.45) is 5.92 Å². The van der Waals surface area contributed by atoms with Crippen molar-refractivity contribution in [1.29, 1.82) is 0 Å². The molecule has 1 aliphatic heterocycles. The van der Waals surface area contributed by atoms with Gasteiger partial charge in [0, 0.05) is 13.1 Å². The summed E-state index contributed by atoms with van der Waals surface area (Å²) in [7, 11) is 0. The second-order valence-electron chi connectivity index (χ2n) is 4.77. The zero-order valence-corrected chi connectivity index (χ0v) is 10.5. The lowest BCUT2D eigenvalue weighted by molar-refractivity contribution is 0.0696. The minimum atomic E-state index is -1.20. The Labute approximate surface area is 110 Å². The third kappa shape index (κ3) is 3.01. The molecule has 1 heterocycles. The molecule has 1 atom stereocenters. The number of nitrogens with zero attached hydrogens (tertiary/aromatic N) is 1. The fourth-order valence-electron chi connectivity index (χ4n) is 2.06. The molecule has 0 radical (unpaired) electrons. The summed E-state index contributed by atoms with van der Waals surface area (Å²) in [4.78, 5) is 24.2. The second kappa shape index (κ2) is 5.26. The number of aromatic carboxylic acids is 1. The molecule has 1 unspecified atom stereocenters. The molecule has 19 heavy (non-hydrogen) atoms. The van der Waals surface area contributed by atoms with Gasteiger partial charge in [-0.15, -0.1) is 0 Å². The van der Waals surface area contributed by atoms with Crippen molar-refractivity contribution in [2.45, 2.75) is 13.3 Å². The summed E-state index contributed by atoms with van der Waals surface area (Å²) in [5.41, 5.74) is -0.153. The van der Waals surface area contributed by atoms with Gasteiger partial charge in [-0.1, -0.05) is 6.92 Å². The molecule has 0 spiro atoms. The SMILES string of the molecule is CC1CCN(C(=O)Nc2ccc(C(=O)O)cc2F)C1. The maximum absolute atomic E-state index is 13.6. The number of urea groups is 1. The number of carboxylic acid groups (broad SMARTS) is 1. The summed E-state index contributed by atoms with van der Waals surface area (Å²) < 4.78 is 13.6. The van der Waals surface area contributed by atoms with Crippen LogP contribution < -0.4 is 5.32 Å². The van der Waals surface area contributed by atoms with E-state index in [9.17, 15) is 14.0 Å². The van der Waals surface area contributed by atoms with Crippen LogP contribution in [0.2, 0.25) is 0 Å². The van der Waals surface area contributed by atoms with E-state index in [0.717, 1.165) is 12.5 Å². The van der Waals surface area contributed by atoms with Gasteiger partial charge in [-0.25, -0.2) is 14.0 Å². The molecule has 0 bridgehead atoms. The van der Waals surface area contributed by atoms with E-state index < -0.39 is 11.8 Å². The van der Waals surface area contributed by atoms with Crippen molar-refractivity contribution in [3.05, 3.63) is 29.6 Å². The van der Waals surface area contributed by atoms with Crippen LogP contribution >= 0.6 is 0 Å². The Balaban J connectivity index is 2.07. The summed E-state index contributed by atoms with van der Waals surface area (Å²) in [6.45, 7) is 3.36. The highest BCUT2D eigenvalue weighted by molar-refractivity contribution is 5.91. The van der Waals surface area contributed by atoms with Crippen LogP contribution in [0.15, 0.2) is 18.2 Å². The first-order valence-electron chi connectivity index (χ1n) is 6.06. The van der Waals surface area contributed by atoms with E-state index in [-0.39, 0.29) is 17.3 Å². The van der Waals surface area contributed by atoms with E-state index in [2.05, 4.69) is 12.2 Å². The highest BCUT2D eigenvalue weighted by atomic mass is 19.1. The van der Waals surface area contributed by atoms with Crippen LogP contribution in [0.3, 0.4) is 0 Å². The molecule has 1 aromatic rings. The number of nitrogens with one attached hydrogen (secondary N) is 1. The average Bonchev–Trinajstić information content (AvgIpc) is 2.78. The number of benzene rings is 1. The minimum absolute atomic E-state index is 0.00504. The Kier molecular flexibility index (Phi) is 3.69. The number of hydrogen-bond donors (Lipinski definition) is 2. The number of carbonyl (C=O) groups is 2. The molecule has 0 aromatic heterocycles. The number of carbonyl (C=O) groups excluding carboxylic acids is 1. The van der Waals surface area contributed by atoms with Crippen molar-refractivity contribution in [3.8, 4) is 0 Å². The number of carboxylic acids is 1. The third-order valence-corrected chi connectivity index (χ3v) is 3.17. The second-order valence-corrected chi connectivity index (χ2v) is 4.77. The molecule has 0 aliphatic carbocycles. The van der Waals surface area contributed by atoms with Crippen LogP contribution in [0, 0.1) is 11.7 Å². The highest BCUT2D eigenvalue weighted by Gasteiger charge is 2.23. The van der Waals surface area contributed by atoms with Crippen molar-refractivity contribution in [3.63, 3.8) is 0 Å². The molecule has 1 fully saturated rings. The predicted octanol–water partition coefficient (Wildman–Crippen LogP) is 2.40. The van der Waals surface area contributed by atoms with Crippen molar-refractivity contribution < 1.29 is 19.1 Å². The number of halogens is 1. The monoisotopic (exact) mass is 266 g/mol. The van der Waals surface area contributed by atoms with Gasteiger partial charge < -0.3 is 15.3 Å². The maximum Gasteiger partial charge on any atom is 0.335 e. The summed E-state index contributed by atoms with van der Waals surface area (Å²) >= 11 is 0. The summed E-state index contributed by atoms with van der Waals surface area (Å²) in [6.07, 6.45) is 0.938. The number of rotatable bonds is 2. The highest BCUT2D eigenvalue weighted by Crippen LogP contribution is 2.19. The standard InChI is InChI=1S/C13H15FN2O3/c1-8-4-5-16(7-8)13(19)15-11-3-2-9(12(17)18)6-10(11)14/h2-3,6,8H,4-5,7H2,1H3,(H,15,19)(H,17,18). The molecule has 102 valence electrons. The number of likely N-dealkylation sites (tertiary alicyclic amines) is 1. The first-order valence-corrected chi connectivity index (χ1v) is 6.06.